The van der Waals surface area contributed by atoms with Gasteiger partial charge in [-0.15, -0.1) is 0 Å². The number of amides is 2. The van der Waals surface area contributed by atoms with E-state index >= 15 is 0 Å². The zero-order valence-electron chi connectivity index (χ0n) is 9.45. The maximum Gasteiger partial charge on any atom is 0.296 e. The summed E-state index contributed by atoms with van der Waals surface area (Å²) in [6, 6.07) is 2.93. The van der Waals surface area contributed by atoms with E-state index in [9.17, 15) is 24.8 Å². The molecule has 0 aliphatic carbocycles. The summed E-state index contributed by atoms with van der Waals surface area (Å²) in [5.74, 6) is -0.769. The van der Waals surface area contributed by atoms with E-state index in [0.29, 0.717) is 0 Å². The van der Waals surface area contributed by atoms with Gasteiger partial charge in [0, 0.05) is 11.8 Å². The summed E-state index contributed by atoms with van der Waals surface area (Å²) in [6.45, 7) is 0. The Labute approximate surface area is 111 Å². The van der Waals surface area contributed by atoms with E-state index in [4.69, 9.17) is 0 Å². The van der Waals surface area contributed by atoms with Gasteiger partial charge in [-0.25, -0.2) is 0 Å². The van der Waals surface area contributed by atoms with Crippen LogP contribution in [0.5, 0.6) is 5.75 Å². The van der Waals surface area contributed by atoms with Crippen LogP contribution in [0.15, 0.2) is 18.2 Å². The number of benzene rings is 1. The third kappa shape index (κ3) is 2.76. The maximum atomic E-state index is 11.8. The quantitative estimate of drug-likeness (QED) is 0.433. The smallest absolute Gasteiger partial charge is 0.296 e. The average Bonchev–Trinajstić information content (AvgIpc) is 2.78. The second-order valence-corrected chi connectivity index (χ2v) is 4.71. The van der Waals surface area contributed by atoms with Gasteiger partial charge in [-0.1, -0.05) is 17.8 Å². The molecule has 1 atom stereocenters. The molecule has 100 valence electrons. The lowest BCUT2D eigenvalue weighted by Gasteiger charge is -2.11. The van der Waals surface area contributed by atoms with E-state index in [1.54, 1.807) is 0 Å². The molecule has 1 heterocycles. The molecule has 1 unspecified atom stereocenters. The van der Waals surface area contributed by atoms with Crippen LogP contribution in [0.3, 0.4) is 0 Å². The summed E-state index contributed by atoms with van der Waals surface area (Å²) in [5, 5.41) is 24.7. The standard InChI is InChI=1S/C10H9N3O5S/c14-7-3-1-2-6(13(17)18)8(7)12-9(15)5-4-19-10(16)11-5/h1-3,5,14H,4H2,(H,11,16)(H,12,15). The third-order valence-corrected chi connectivity index (χ3v) is 3.34. The van der Waals surface area contributed by atoms with E-state index in [1.807, 2.05) is 0 Å². The number of carbonyl (C=O) groups excluding carboxylic acids is 2. The molecule has 0 spiro atoms. The third-order valence-electron chi connectivity index (χ3n) is 2.46. The second-order valence-electron chi connectivity index (χ2n) is 3.71. The number of nitrogens with one attached hydrogen (secondary N) is 2. The molecule has 8 nitrogen and oxygen atoms in total. The Morgan fingerprint density at radius 1 is 1.58 bits per heavy atom. The van der Waals surface area contributed by atoms with Gasteiger partial charge >= 0.3 is 0 Å². The molecule has 2 amide bonds. The van der Waals surface area contributed by atoms with E-state index in [1.165, 1.54) is 12.1 Å². The highest BCUT2D eigenvalue weighted by Crippen LogP contribution is 2.33. The summed E-state index contributed by atoms with van der Waals surface area (Å²) in [4.78, 5) is 32.9. The molecule has 0 bridgehead atoms. The fraction of sp³-hybridized carbons (Fsp3) is 0.200. The van der Waals surface area contributed by atoms with Gasteiger partial charge in [0.1, 0.15) is 11.8 Å². The SMILES string of the molecule is O=C1NC(C(=O)Nc2c(O)cccc2[N+](=O)[O-])CS1. The maximum absolute atomic E-state index is 11.8. The van der Waals surface area contributed by atoms with Gasteiger partial charge in [0.05, 0.1) is 4.92 Å². The minimum atomic E-state index is -0.767. The summed E-state index contributed by atoms with van der Waals surface area (Å²) in [5.41, 5.74) is -0.686. The van der Waals surface area contributed by atoms with Crippen molar-refractivity contribution in [3.63, 3.8) is 0 Å². The Bertz CT molecular complexity index is 562. The average molecular weight is 283 g/mol. The van der Waals surface area contributed by atoms with E-state index < -0.39 is 28.3 Å². The first-order valence-electron chi connectivity index (χ1n) is 5.19. The molecule has 1 aliphatic rings. The molecule has 1 aromatic rings. The normalized spacial score (nSPS) is 17.9. The number of thioether (sulfide) groups is 1. The van der Waals surface area contributed by atoms with Crippen LogP contribution in [0.1, 0.15) is 0 Å². The Morgan fingerprint density at radius 3 is 2.89 bits per heavy atom. The van der Waals surface area contributed by atoms with Gasteiger partial charge in [-0.05, 0) is 6.07 Å². The van der Waals surface area contributed by atoms with Crippen LogP contribution in [0.25, 0.3) is 0 Å². The van der Waals surface area contributed by atoms with Crippen LogP contribution >= 0.6 is 11.8 Å². The van der Waals surface area contributed by atoms with Crippen LogP contribution in [0.2, 0.25) is 0 Å². The number of para-hydroxylation sites is 1. The number of nitrogens with zero attached hydrogens (tertiary/aromatic N) is 1. The monoisotopic (exact) mass is 283 g/mol. The number of nitro benzene ring substituents is 1. The molecule has 0 saturated carbocycles. The number of hydrogen-bond acceptors (Lipinski definition) is 6. The molecular weight excluding hydrogens is 274 g/mol. The first-order valence-corrected chi connectivity index (χ1v) is 6.18. The lowest BCUT2D eigenvalue weighted by molar-refractivity contribution is -0.384. The molecular formula is C10H9N3O5S. The number of anilines is 1. The molecule has 0 aromatic heterocycles. The van der Waals surface area contributed by atoms with Crippen molar-refractivity contribution in [2.24, 2.45) is 0 Å². The lowest BCUT2D eigenvalue weighted by Crippen LogP contribution is -2.38. The molecule has 9 heteroatoms. The lowest BCUT2D eigenvalue weighted by atomic mass is 10.2. The van der Waals surface area contributed by atoms with Gasteiger partial charge in [-0.2, -0.15) is 0 Å². The number of nitro groups is 1. The Balaban J connectivity index is 2.21. The Morgan fingerprint density at radius 2 is 2.32 bits per heavy atom. The fourth-order valence-corrected chi connectivity index (χ4v) is 2.32. The molecule has 3 N–H and O–H groups in total. The predicted molar refractivity (Wildman–Crippen MR) is 68.2 cm³/mol. The van der Waals surface area contributed by atoms with Crippen LogP contribution < -0.4 is 10.6 Å². The summed E-state index contributed by atoms with van der Waals surface area (Å²) in [7, 11) is 0. The highest BCUT2D eigenvalue weighted by Gasteiger charge is 2.30. The minimum Gasteiger partial charge on any atom is -0.505 e. The first-order chi connectivity index (χ1) is 8.99. The van der Waals surface area contributed by atoms with Crippen LogP contribution in [0.4, 0.5) is 16.2 Å². The highest BCUT2D eigenvalue weighted by atomic mass is 32.2. The molecule has 1 saturated heterocycles. The van der Waals surface area contributed by atoms with E-state index in [2.05, 4.69) is 10.6 Å². The number of hydrogen-bond donors (Lipinski definition) is 3. The topological polar surface area (TPSA) is 122 Å². The van der Waals surface area contributed by atoms with Crippen molar-refractivity contribution in [2.45, 2.75) is 6.04 Å². The summed E-state index contributed by atoms with van der Waals surface area (Å²) < 4.78 is 0. The highest BCUT2D eigenvalue weighted by molar-refractivity contribution is 8.14. The zero-order valence-corrected chi connectivity index (χ0v) is 10.3. The number of aromatic hydroxyl groups is 1. The summed E-state index contributed by atoms with van der Waals surface area (Å²) >= 11 is 0.952. The zero-order chi connectivity index (χ0) is 14.0. The molecule has 0 radical (unpaired) electrons. The van der Waals surface area contributed by atoms with Gasteiger partial charge in [-0.3, -0.25) is 19.7 Å². The van der Waals surface area contributed by atoms with Gasteiger partial charge in [0.25, 0.3) is 10.9 Å². The molecule has 19 heavy (non-hydrogen) atoms. The van der Waals surface area contributed by atoms with Crippen molar-refractivity contribution in [2.75, 3.05) is 11.1 Å². The molecule has 1 fully saturated rings. The molecule has 1 aliphatic heterocycles. The number of carbonyl (C=O) groups is 2. The number of phenols is 1. The predicted octanol–water partition coefficient (Wildman–Crippen LogP) is 1.06. The fourth-order valence-electron chi connectivity index (χ4n) is 1.54. The van der Waals surface area contributed by atoms with Crippen molar-refractivity contribution in [3.8, 4) is 5.75 Å². The van der Waals surface area contributed by atoms with Gasteiger partial charge in [0.2, 0.25) is 5.91 Å². The minimum absolute atomic E-state index is 0.242. The van der Waals surface area contributed by atoms with Crippen molar-refractivity contribution in [1.29, 1.82) is 0 Å². The second kappa shape index (κ2) is 5.14. The molecule has 2 rings (SSSR count). The van der Waals surface area contributed by atoms with Crippen molar-refractivity contribution >= 4 is 34.3 Å². The van der Waals surface area contributed by atoms with Gasteiger partial charge < -0.3 is 15.7 Å². The van der Waals surface area contributed by atoms with Crippen molar-refractivity contribution in [1.82, 2.24) is 5.32 Å². The first kappa shape index (κ1) is 13.1. The Kier molecular flexibility index (Phi) is 3.56. The van der Waals surface area contributed by atoms with Crippen LogP contribution in [-0.4, -0.2) is 33.0 Å². The van der Waals surface area contributed by atoms with E-state index in [0.717, 1.165) is 17.8 Å². The largest absolute Gasteiger partial charge is 0.505 e. The van der Waals surface area contributed by atoms with Crippen LogP contribution in [0, 0.1) is 10.1 Å². The van der Waals surface area contributed by atoms with Crippen molar-refractivity contribution < 1.29 is 19.6 Å². The van der Waals surface area contributed by atoms with Crippen molar-refractivity contribution in [3.05, 3.63) is 28.3 Å². The Hall–Kier alpha value is -2.29. The number of rotatable bonds is 3. The number of phenolic OH excluding ortho intramolecular Hbond substituents is 1. The summed E-state index contributed by atoms with van der Waals surface area (Å²) in [6.07, 6.45) is 0. The molecule has 1 aromatic carbocycles. The van der Waals surface area contributed by atoms with E-state index in [-0.39, 0.29) is 16.7 Å². The van der Waals surface area contributed by atoms with Gasteiger partial charge in [0.15, 0.2) is 5.69 Å². The van der Waals surface area contributed by atoms with Crippen LogP contribution in [-0.2, 0) is 4.79 Å².